The first-order chi connectivity index (χ1) is 7.63. The number of nitrogens with zero attached hydrogens (tertiary/aromatic N) is 2. The van der Waals surface area contributed by atoms with Gasteiger partial charge < -0.3 is 20.2 Å². The van der Waals surface area contributed by atoms with Crippen LogP contribution in [0, 0.1) is 0 Å². The van der Waals surface area contributed by atoms with E-state index in [9.17, 15) is 4.79 Å². The number of hydrogen-bond acceptors (Lipinski definition) is 6. The Balaban J connectivity index is 3.82. The van der Waals surface area contributed by atoms with Gasteiger partial charge in [0.2, 0.25) is 0 Å². The van der Waals surface area contributed by atoms with Crippen LogP contribution >= 0.6 is 0 Å². The molecule has 0 amide bonds. The second-order valence-electron chi connectivity index (χ2n) is 3.26. The van der Waals surface area contributed by atoms with Gasteiger partial charge in [-0.25, -0.2) is 4.79 Å². The fourth-order valence-electron chi connectivity index (χ4n) is 0.917. The molecule has 0 heterocycles. The molecule has 0 saturated carbocycles. The monoisotopic (exact) mass is 234 g/mol. The zero-order valence-corrected chi connectivity index (χ0v) is 9.24. The molecule has 0 rings (SSSR count). The summed E-state index contributed by atoms with van der Waals surface area (Å²) in [4.78, 5) is 14.9. The molecular formula is C9H18N2O5. The highest BCUT2D eigenvalue weighted by Crippen LogP contribution is 2.01. The third kappa shape index (κ3) is 6.31. The summed E-state index contributed by atoms with van der Waals surface area (Å²) in [5.41, 5.74) is 0. The van der Waals surface area contributed by atoms with Crippen LogP contribution in [0.2, 0.25) is 0 Å². The Hall–Kier alpha value is -1.21. The summed E-state index contributed by atoms with van der Waals surface area (Å²) in [5, 5.41) is 33.1. The van der Waals surface area contributed by atoms with Crippen molar-refractivity contribution in [2.45, 2.75) is 38.4 Å². The van der Waals surface area contributed by atoms with Gasteiger partial charge in [-0.2, -0.15) is 5.11 Å². The van der Waals surface area contributed by atoms with E-state index in [0.717, 1.165) is 19.3 Å². The highest BCUT2D eigenvalue weighted by atomic mass is 16.7. The molecular weight excluding hydrogens is 216 g/mol. The van der Waals surface area contributed by atoms with Gasteiger partial charge in [-0.05, 0) is 6.42 Å². The molecule has 2 unspecified atom stereocenters. The minimum absolute atomic E-state index is 0.481. The molecule has 0 spiro atoms. The fourth-order valence-corrected chi connectivity index (χ4v) is 0.917. The van der Waals surface area contributed by atoms with Crippen LogP contribution in [0.15, 0.2) is 10.4 Å². The number of carboxylic acid groups (broad SMARTS) is 1. The third-order valence-corrected chi connectivity index (χ3v) is 1.89. The van der Waals surface area contributed by atoms with Gasteiger partial charge in [-0.1, -0.05) is 19.8 Å². The zero-order valence-electron chi connectivity index (χ0n) is 9.24. The van der Waals surface area contributed by atoms with Crippen molar-refractivity contribution >= 4 is 5.97 Å². The Morgan fingerprint density at radius 2 is 2.12 bits per heavy atom. The van der Waals surface area contributed by atoms with Crippen LogP contribution in [0.3, 0.4) is 0 Å². The second-order valence-corrected chi connectivity index (χ2v) is 3.26. The second kappa shape index (κ2) is 9.05. The number of aliphatic hydroxyl groups is 2. The maximum atomic E-state index is 10.4. The first-order valence-corrected chi connectivity index (χ1v) is 5.17. The molecule has 0 bridgehead atoms. The first-order valence-electron chi connectivity index (χ1n) is 5.17. The minimum atomic E-state index is -1.81. The Bertz CT molecular complexity index is 222. The van der Waals surface area contributed by atoms with Gasteiger partial charge in [0.1, 0.15) is 0 Å². The van der Waals surface area contributed by atoms with E-state index >= 15 is 0 Å². The summed E-state index contributed by atoms with van der Waals surface area (Å²) in [5.74, 6) is -1.47. The van der Waals surface area contributed by atoms with Gasteiger partial charge in [0.25, 0.3) is 0 Å². The molecule has 3 N–H and O–H groups in total. The topological polar surface area (TPSA) is 112 Å². The Labute approximate surface area is 93.7 Å². The molecule has 16 heavy (non-hydrogen) atoms. The molecule has 0 fully saturated rings. The first kappa shape index (κ1) is 14.8. The number of rotatable bonds is 9. The molecule has 0 aromatic heterocycles. The number of hydrogen-bond donors (Lipinski definition) is 3. The molecule has 0 aliphatic rings. The lowest BCUT2D eigenvalue weighted by atomic mass is 10.2. The molecule has 0 aliphatic heterocycles. The van der Waals surface area contributed by atoms with Gasteiger partial charge in [0.15, 0.2) is 12.2 Å². The summed E-state index contributed by atoms with van der Waals surface area (Å²) in [6.45, 7) is 1.90. The normalized spacial score (nSPS) is 14.9. The van der Waals surface area contributed by atoms with Gasteiger partial charge >= 0.3 is 5.97 Å². The predicted octanol–water partition coefficient (Wildman–Crippen LogP) is 0.367. The maximum Gasteiger partial charge on any atom is 0.336 e. The molecule has 0 saturated heterocycles. The van der Waals surface area contributed by atoms with E-state index in [-0.39, 0.29) is 0 Å². The van der Waals surface area contributed by atoms with E-state index in [1.165, 1.54) is 0 Å². The van der Waals surface area contributed by atoms with E-state index < -0.39 is 24.8 Å². The zero-order chi connectivity index (χ0) is 12.4. The maximum absolute atomic E-state index is 10.4. The average molecular weight is 234 g/mol. The van der Waals surface area contributed by atoms with E-state index in [4.69, 9.17) is 15.3 Å². The Morgan fingerprint density at radius 3 is 2.62 bits per heavy atom. The highest BCUT2D eigenvalue weighted by molar-refractivity contribution is 5.72. The molecule has 0 aliphatic carbocycles. The van der Waals surface area contributed by atoms with Gasteiger partial charge in [0.05, 0.1) is 13.2 Å². The van der Waals surface area contributed by atoms with Gasteiger partial charge in [-0.15, -0.1) is 0 Å². The number of aliphatic carboxylic acids is 1. The molecule has 2 atom stereocenters. The van der Waals surface area contributed by atoms with E-state index in [1.54, 1.807) is 0 Å². The Morgan fingerprint density at radius 1 is 1.44 bits per heavy atom. The smallest absolute Gasteiger partial charge is 0.336 e. The standard InChI is InChI=1S/C9H18N2O5/c1-2-3-4-5-10-11-16-7(6-12)8(13)9(14)15/h7-8,12-13H,2-6H2,1H3,(H,14,15). The number of aliphatic hydroxyl groups excluding tert-OH is 2. The van der Waals surface area contributed by atoms with Crippen LogP contribution in [0.5, 0.6) is 0 Å². The highest BCUT2D eigenvalue weighted by Gasteiger charge is 2.27. The summed E-state index contributed by atoms with van der Waals surface area (Å²) >= 11 is 0. The summed E-state index contributed by atoms with van der Waals surface area (Å²) in [6.07, 6.45) is -0.130. The molecule has 7 nitrogen and oxygen atoms in total. The third-order valence-electron chi connectivity index (χ3n) is 1.89. The van der Waals surface area contributed by atoms with Gasteiger partial charge in [0, 0.05) is 5.28 Å². The molecule has 0 aromatic carbocycles. The number of unbranched alkanes of at least 4 members (excludes halogenated alkanes) is 2. The summed E-state index contributed by atoms with van der Waals surface area (Å²) in [7, 11) is 0. The van der Waals surface area contributed by atoms with Crippen LogP contribution < -0.4 is 0 Å². The molecule has 0 radical (unpaired) electrons. The fraction of sp³-hybridized carbons (Fsp3) is 0.889. The number of carbonyl (C=O) groups is 1. The van der Waals surface area contributed by atoms with Crippen molar-refractivity contribution in [2.24, 2.45) is 10.4 Å². The van der Waals surface area contributed by atoms with Crippen molar-refractivity contribution in [3.63, 3.8) is 0 Å². The SMILES string of the molecule is CCCCCN=NOC(CO)C(O)C(=O)O. The van der Waals surface area contributed by atoms with E-state index in [2.05, 4.69) is 22.2 Å². The van der Waals surface area contributed by atoms with E-state index in [0.29, 0.717) is 6.54 Å². The molecule has 7 heteroatoms. The lowest BCUT2D eigenvalue weighted by Gasteiger charge is -2.13. The summed E-state index contributed by atoms with van der Waals surface area (Å²) < 4.78 is 0. The van der Waals surface area contributed by atoms with Crippen molar-refractivity contribution in [3.05, 3.63) is 0 Å². The van der Waals surface area contributed by atoms with Crippen LogP contribution in [-0.4, -0.2) is 46.6 Å². The molecule has 94 valence electrons. The van der Waals surface area contributed by atoms with E-state index in [1.807, 2.05) is 0 Å². The lowest BCUT2D eigenvalue weighted by molar-refractivity contribution is -0.158. The van der Waals surface area contributed by atoms with Crippen molar-refractivity contribution < 1.29 is 25.0 Å². The Kier molecular flexibility index (Phi) is 8.36. The summed E-state index contributed by atoms with van der Waals surface area (Å²) in [6, 6.07) is 0. The van der Waals surface area contributed by atoms with Crippen LogP contribution in [0.4, 0.5) is 0 Å². The lowest BCUT2D eigenvalue weighted by Crippen LogP contribution is -2.37. The van der Waals surface area contributed by atoms with Crippen molar-refractivity contribution in [2.75, 3.05) is 13.2 Å². The largest absolute Gasteiger partial charge is 0.479 e. The quantitative estimate of drug-likeness (QED) is 0.303. The molecule has 0 aromatic rings. The van der Waals surface area contributed by atoms with Gasteiger partial charge in [-0.3, -0.25) is 0 Å². The van der Waals surface area contributed by atoms with Crippen molar-refractivity contribution in [1.29, 1.82) is 0 Å². The van der Waals surface area contributed by atoms with Crippen LogP contribution in [-0.2, 0) is 9.63 Å². The van der Waals surface area contributed by atoms with Crippen LogP contribution in [0.1, 0.15) is 26.2 Å². The van der Waals surface area contributed by atoms with Crippen molar-refractivity contribution in [3.8, 4) is 0 Å². The predicted molar refractivity (Wildman–Crippen MR) is 54.8 cm³/mol. The van der Waals surface area contributed by atoms with Crippen molar-refractivity contribution in [1.82, 2.24) is 0 Å². The van der Waals surface area contributed by atoms with Crippen LogP contribution in [0.25, 0.3) is 0 Å². The number of carboxylic acids is 1. The minimum Gasteiger partial charge on any atom is -0.479 e. The average Bonchev–Trinajstić information content (AvgIpc) is 2.27.